The van der Waals surface area contributed by atoms with E-state index in [0.29, 0.717) is 45.7 Å². The molecule has 9 heteroatoms. The van der Waals surface area contributed by atoms with E-state index < -0.39 is 10.0 Å². The molecule has 0 aliphatic rings. The highest BCUT2D eigenvalue weighted by Gasteiger charge is 2.20. The van der Waals surface area contributed by atoms with Crippen molar-refractivity contribution >= 4 is 53.6 Å². The first-order valence-electron chi connectivity index (χ1n) is 12.1. The molecule has 5 aromatic rings. The Balaban J connectivity index is 1.62. The van der Waals surface area contributed by atoms with Gasteiger partial charge in [-0.2, -0.15) is 0 Å². The summed E-state index contributed by atoms with van der Waals surface area (Å²) in [6.45, 7) is 7.05. The van der Waals surface area contributed by atoms with E-state index in [9.17, 15) is 18.0 Å². The van der Waals surface area contributed by atoms with Gasteiger partial charge in [0.05, 0.1) is 16.6 Å². The number of aromatic amines is 2. The van der Waals surface area contributed by atoms with E-state index in [1.165, 1.54) is 6.07 Å². The Morgan fingerprint density at radius 1 is 0.778 bits per heavy atom. The zero-order chi connectivity index (χ0) is 25.4. The maximum atomic E-state index is 13.4. The van der Waals surface area contributed by atoms with Gasteiger partial charge >= 0.3 is 0 Å². The van der Waals surface area contributed by atoms with Crippen LogP contribution in [0.25, 0.3) is 43.6 Å². The van der Waals surface area contributed by atoms with Gasteiger partial charge in [-0.25, -0.2) is 13.1 Å². The van der Waals surface area contributed by atoms with Crippen molar-refractivity contribution in [1.82, 2.24) is 19.6 Å². The molecule has 186 valence electrons. The molecule has 2 aromatic heterocycles. The van der Waals surface area contributed by atoms with E-state index in [-0.39, 0.29) is 26.7 Å². The average molecular weight is 505 g/mol. The Hall–Kier alpha value is -3.53. The SMILES string of the molecule is CCN(CC)CCCNS(=O)(=O)c1cccc2c(=O)c3cc4[nH]c5ccccc5c(=O)c4cc3[nH]c12. The molecule has 0 spiro atoms. The summed E-state index contributed by atoms with van der Waals surface area (Å²) in [6.07, 6.45) is 0.674. The molecule has 3 aromatic carbocycles. The first-order chi connectivity index (χ1) is 17.3. The molecule has 3 N–H and O–H groups in total. The molecule has 8 nitrogen and oxygen atoms in total. The lowest BCUT2D eigenvalue weighted by molar-refractivity contribution is 0.300. The smallest absolute Gasteiger partial charge is 0.242 e. The molecule has 0 saturated heterocycles. The summed E-state index contributed by atoms with van der Waals surface area (Å²) in [5, 5.41) is 1.62. The van der Waals surface area contributed by atoms with Crippen LogP contribution < -0.4 is 15.6 Å². The monoisotopic (exact) mass is 504 g/mol. The van der Waals surface area contributed by atoms with E-state index >= 15 is 0 Å². The number of nitrogens with one attached hydrogen (secondary N) is 3. The van der Waals surface area contributed by atoms with Gasteiger partial charge < -0.3 is 14.9 Å². The standard InChI is InChI=1S/C27H28N4O4S/c1-3-31(4-2)14-8-13-28-36(34,35)24-12-7-10-18-25(24)30-23-16-19-22(15-20(23)27(18)33)29-21-11-6-5-9-17(21)26(19)32/h5-7,9-12,15-16,28H,3-4,8,13-14H2,1-2H3,(H,29,32)(H,30,33). The molecule has 36 heavy (non-hydrogen) atoms. The first-order valence-corrected chi connectivity index (χ1v) is 13.6. The van der Waals surface area contributed by atoms with E-state index in [2.05, 4.69) is 33.4 Å². The van der Waals surface area contributed by atoms with Crippen LogP contribution >= 0.6 is 0 Å². The highest BCUT2D eigenvalue weighted by atomic mass is 32.2. The Bertz CT molecular complexity index is 1840. The molecule has 2 heterocycles. The second-order valence-corrected chi connectivity index (χ2v) is 10.6. The number of pyridine rings is 2. The van der Waals surface area contributed by atoms with Crippen LogP contribution in [-0.4, -0.2) is 49.5 Å². The van der Waals surface area contributed by atoms with Crippen molar-refractivity contribution in [3.05, 3.63) is 75.0 Å². The minimum Gasteiger partial charge on any atom is -0.354 e. The minimum absolute atomic E-state index is 0.00866. The summed E-state index contributed by atoms with van der Waals surface area (Å²) < 4.78 is 29.0. The van der Waals surface area contributed by atoms with Gasteiger partial charge in [-0.1, -0.05) is 32.0 Å². The van der Waals surface area contributed by atoms with Crippen molar-refractivity contribution < 1.29 is 8.42 Å². The summed E-state index contributed by atoms with van der Waals surface area (Å²) in [5.74, 6) is 0. The van der Waals surface area contributed by atoms with Crippen LogP contribution in [0.5, 0.6) is 0 Å². The highest BCUT2D eigenvalue weighted by molar-refractivity contribution is 7.89. The predicted octanol–water partition coefficient (Wildman–Crippen LogP) is 3.69. The highest BCUT2D eigenvalue weighted by Crippen LogP contribution is 2.25. The molecule has 0 aliphatic heterocycles. The van der Waals surface area contributed by atoms with Crippen molar-refractivity contribution in [2.24, 2.45) is 0 Å². The van der Waals surface area contributed by atoms with Gasteiger partial charge in [-0.15, -0.1) is 0 Å². The average Bonchev–Trinajstić information content (AvgIpc) is 2.88. The fourth-order valence-electron chi connectivity index (χ4n) is 4.74. The summed E-state index contributed by atoms with van der Waals surface area (Å²) in [5.41, 5.74) is 1.42. The summed E-state index contributed by atoms with van der Waals surface area (Å²) in [4.78, 5) is 35.2. The Kier molecular flexibility index (Phi) is 6.38. The second kappa shape index (κ2) is 9.50. The number of para-hydroxylation sites is 2. The molecule has 0 aliphatic carbocycles. The number of H-pyrrole nitrogens is 2. The van der Waals surface area contributed by atoms with E-state index in [1.54, 1.807) is 36.4 Å². The maximum absolute atomic E-state index is 13.4. The van der Waals surface area contributed by atoms with Crippen LogP contribution in [0.4, 0.5) is 0 Å². The summed E-state index contributed by atoms with van der Waals surface area (Å²) in [6, 6.07) is 15.1. The van der Waals surface area contributed by atoms with Crippen LogP contribution in [0.15, 0.2) is 69.1 Å². The summed E-state index contributed by atoms with van der Waals surface area (Å²) >= 11 is 0. The van der Waals surface area contributed by atoms with Gasteiger partial charge in [0.2, 0.25) is 10.0 Å². The number of fused-ring (bicyclic) bond motifs is 4. The maximum Gasteiger partial charge on any atom is 0.242 e. The quantitative estimate of drug-likeness (QED) is 0.220. The van der Waals surface area contributed by atoms with E-state index in [0.717, 1.165) is 19.6 Å². The lowest BCUT2D eigenvalue weighted by Gasteiger charge is -2.17. The molecule has 5 rings (SSSR count). The third-order valence-corrected chi connectivity index (χ3v) is 8.25. The van der Waals surface area contributed by atoms with Crippen LogP contribution in [-0.2, 0) is 10.0 Å². The first kappa shape index (κ1) is 24.2. The third-order valence-electron chi connectivity index (χ3n) is 6.75. The summed E-state index contributed by atoms with van der Waals surface area (Å²) in [7, 11) is -3.87. The third kappa shape index (κ3) is 4.19. The number of rotatable bonds is 8. The van der Waals surface area contributed by atoms with Crippen LogP contribution in [0.1, 0.15) is 20.3 Å². The van der Waals surface area contributed by atoms with Crippen molar-refractivity contribution in [1.29, 1.82) is 0 Å². The predicted molar refractivity (Wildman–Crippen MR) is 145 cm³/mol. The fraction of sp³-hybridized carbons (Fsp3) is 0.259. The van der Waals surface area contributed by atoms with Crippen LogP contribution in [0, 0.1) is 0 Å². The van der Waals surface area contributed by atoms with Crippen molar-refractivity contribution in [2.45, 2.75) is 25.2 Å². The topological polar surface area (TPSA) is 115 Å². The Morgan fingerprint density at radius 2 is 1.42 bits per heavy atom. The van der Waals surface area contributed by atoms with Crippen molar-refractivity contribution in [3.8, 4) is 0 Å². The Labute approximate surface area is 208 Å². The van der Waals surface area contributed by atoms with Crippen LogP contribution in [0.2, 0.25) is 0 Å². The fourth-order valence-corrected chi connectivity index (χ4v) is 6.00. The number of nitrogens with zero attached hydrogens (tertiary/aromatic N) is 1. The Morgan fingerprint density at radius 3 is 2.14 bits per heavy atom. The van der Waals surface area contributed by atoms with Gasteiger partial charge in [0.25, 0.3) is 0 Å². The zero-order valence-electron chi connectivity index (χ0n) is 20.2. The molecule has 0 amide bonds. The number of benzene rings is 3. The van der Waals surface area contributed by atoms with Crippen molar-refractivity contribution in [3.63, 3.8) is 0 Å². The van der Waals surface area contributed by atoms with Crippen molar-refractivity contribution in [2.75, 3.05) is 26.2 Å². The number of hydrogen-bond donors (Lipinski definition) is 3. The number of sulfonamides is 1. The van der Waals surface area contributed by atoms with Gasteiger partial charge in [0, 0.05) is 33.6 Å². The molecule has 0 radical (unpaired) electrons. The molecular weight excluding hydrogens is 476 g/mol. The lowest BCUT2D eigenvalue weighted by Crippen LogP contribution is -2.30. The molecule has 0 fully saturated rings. The van der Waals surface area contributed by atoms with Gasteiger partial charge in [-0.3, -0.25) is 9.59 Å². The minimum atomic E-state index is -3.87. The van der Waals surface area contributed by atoms with E-state index in [4.69, 9.17) is 0 Å². The molecular formula is C27H28N4O4S. The zero-order valence-corrected chi connectivity index (χ0v) is 21.0. The van der Waals surface area contributed by atoms with E-state index in [1.807, 2.05) is 12.1 Å². The van der Waals surface area contributed by atoms with Crippen LogP contribution in [0.3, 0.4) is 0 Å². The number of aromatic nitrogens is 2. The normalized spacial score (nSPS) is 12.4. The molecule has 0 bridgehead atoms. The van der Waals surface area contributed by atoms with Gasteiger partial charge in [0.15, 0.2) is 10.9 Å². The number of hydrogen-bond acceptors (Lipinski definition) is 5. The lowest BCUT2D eigenvalue weighted by atomic mass is 10.1. The largest absolute Gasteiger partial charge is 0.354 e. The molecule has 0 unspecified atom stereocenters. The second-order valence-electron chi connectivity index (χ2n) is 8.85. The molecule has 0 saturated carbocycles. The van der Waals surface area contributed by atoms with Gasteiger partial charge in [-0.05, 0) is 62.5 Å². The molecule has 0 atom stereocenters. The van der Waals surface area contributed by atoms with Gasteiger partial charge in [0.1, 0.15) is 4.90 Å².